The minimum absolute atomic E-state index is 0.544. The number of ether oxygens (including phenoxy) is 4. The Morgan fingerprint density at radius 1 is 0.607 bits per heavy atom. The maximum Gasteiger partial charge on any atom is 0.118 e. The Kier molecular flexibility index (Phi) is 9.87. The van der Waals surface area contributed by atoms with Gasteiger partial charge in [-0.2, -0.15) is 0 Å². The molecule has 2 aromatic carbocycles. The van der Waals surface area contributed by atoms with Crippen LogP contribution in [0, 0.1) is 11.8 Å². The van der Waals surface area contributed by atoms with Crippen molar-refractivity contribution >= 4 is 0 Å². The molecule has 154 valence electrons. The van der Waals surface area contributed by atoms with Gasteiger partial charge in [-0.15, -0.1) is 0 Å². The molecule has 0 saturated carbocycles. The van der Waals surface area contributed by atoms with Crippen LogP contribution in [0.1, 0.15) is 37.8 Å². The molecule has 0 aliphatic carbocycles. The summed E-state index contributed by atoms with van der Waals surface area (Å²) in [5.74, 6) is 2.84. The quantitative estimate of drug-likeness (QED) is 0.456. The van der Waals surface area contributed by atoms with Crippen LogP contribution in [-0.2, 0) is 22.7 Å². The Hall–Kier alpha value is -2.04. The van der Waals surface area contributed by atoms with Gasteiger partial charge in [0.25, 0.3) is 0 Å². The van der Waals surface area contributed by atoms with E-state index in [1.54, 1.807) is 14.2 Å². The number of rotatable bonds is 13. The van der Waals surface area contributed by atoms with Crippen molar-refractivity contribution in [1.29, 1.82) is 0 Å². The van der Waals surface area contributed by atoms with Crippen LogP contribution in [0.2, 0.25) is 0 Å². The summed E-state index contributed by atoms with van der Waals surface area (Å²) >= 11 is 0. The molecular weight excluding hydrogens is 352 g/mol. The lowest BCUT2D eigenvalue weighted by molar-refractivity contribution is 0.0734. The van der Waals surface area contributed by atoms with Crippen molar-refractivity contribution in [2.24, 2.45) is 11.8 Å². The molecule has 0 radical (unpaired) electrons. The average Bonchev–Trinajstić information content (AvgIpc) is 2.73. The van der Waals surface area contributed by atoms with Crippen molar-refractivity contribution in [2.45, 2.75) is 39.9 Å². The van der Waals surface area contributed by atoms with Crippen LogP contribution >= 0.6 is 0 Å². The summed E-state index contributed by atoms with van der Waals surface area (Å²) in [5.41, 5.74) is 2.35. The third-order valence-corrected chi connectivity index (χ3v) is 4.81. The zero-order chi connectivity index (χ0) is 20.2. The highest BCUT2D eigenvalue weighted by molar-refractivity contribution is 5.27. The van der Waals surface area contributed by atoms with Gasteiger partial charge < -0.3 is 18.9 Å². The van der Waals surface area contributed by atoms with Gasteiger partial charge >= 0.3 is 0 Å². The van der Waals surface area contributed by atoms with Gasteiger partial charge in [0.2, 0.25) is 0 Å². The van der Waals surface area contributed by atoms with Crippen molar-refractivity contribution in [2.75, 3.05) is 27.4 Å². The smallest absolute Gasteiger partial charge is 0.118 e. The van der Waals surface area contributed by atoms with E-state index in [1.807, 2.05) is 48.5 Å². The Bertz CT molecular complexity index is 592. The van der Waals surface area contributed by atoms with Crippen molar-refractivity contribution in [1.82, 2.24) is 0 Å². The third-order valence-electron chi connectivity index (χ3n) is 4.81. The largest absolute Gasteiger partial charge is 0.497 e. The molecule has 0 amide bonds. The molecule has 2 atom stereocenters. The van der Waals surface area contributed by atoms with Crippen LogP contribution in [0.5, 0.6) is 11.5 Å². The highest BCUT2D eigenvalue weighted by atomic mass is 16.5. The summed E-state index contributed by atoms with van der Waals surface area (Å²) in [7, 11) is 3.36. The third kappa shape index (κ3) is 8.32. The van der Waals surface area contributed by atoms with Crippen LogP contribution in [-0.4, -0.2) is 27.4 Å². The number of benzene rings is 2. The van der Waals surface area contributed by atoms with E-state index in [2.05, 4.69) is 13.8 Å². The van der Waals surface area contributed by atoms with Crippen LogP contribution in [0.25, 0.3) is 0 Å². The summed E-state index contributed by atoms with van der Waals surface area (Å²) in [6.45, 7) is 7.36. The minimum atomic E-state index is 0.544. The number of hydrogen-bond acceptors (Lipinski definition) is 4. The van der Waals surface area contributed by atoms with E-state index in [0.29, 0.717) is 25.0 Å². The SMILES string of the molecule is COc1ccc(COCC(C)CCC(C)COCc2ccc(OC)cc2)cc1. The molecule has 0 aliphatic rings. The molecule has 2 unspecified atom stereocenters. The topological polar surface area (TPSA) is 36.9 Å². The standard InChI is InChI=1S/C24H34O4/c1-19(15-27-17-21-7-11-23(25-3)12-8-21)5-6-20(2)16-28-18-22-9-13-24(26-4)14-10-22/h7-14,19-20H,5-6,15-18H2,1-4H3. The number of hydrogen-bond donors (Lipinski definition) is 0. The number of methoxy groups -OCH3 is 2. The first-order chi connectivity index (χ1) is 13.6. The lowest BCUT2D eigenvalue weighted by Gasteiger charge is -2.16. The van der Waals surface area contributed by atoms with Crippen molar-refractivity contribution in [3.05, 3.63) is 59.7 Å². The fourth-order valence-electron chi connectivity index (χ4n) is 2.94. The highest BCUT2D eigenvalue weighted by Gasteiger charge is 2.08. The highest BCUT2D eigenvalue weighted by Crippen LogP contribution is 2.17. The predicted molar refractivity (Wildman–Crippen MR) is 113 cm³/mol. The van der Waals surface area contributed by atoms with Gasteiger partial charge in [-0.25, -0.2) is 0 Å². The first kappa shape index (κ1) is 22.3. The van der Waals surface area contributed by atoms with Gasteiger partial charge in [-0.1, -0.05) is 38.1 Å². The van der Waals surface area contributed by atoms with Gasteiger partial charge in [-0.3, -0.25) is 0 Å². The molecule has 4 nitrogen and oxygen atoms in total. The summed E-state index contributed by atoms with van der Waals surface area (Å²) < 4.78 is 22.1. The molecule has 0 spiro atoms. The second-order valence-corrected chi connectivity index (χ2v) is 7.51. The summed E-state index contributed by atoms with van der Waals surface area (Å²) in [6.07, 6.45) is 2.30. The van der Waals surface area contributed by atoms with E-state index in [4.69, 9.17) is 18.9 Å². The molecule has 4 heteroatoms. The summed E-state index contributed by atoms with van der Waals surface area (Å²) in [4.78, 5) is 0. The zero-order valence-electron chi connectivity index (χ0n) is 17.6. The maximum absolute atomic E-state index is 5.86. The van der Waals surface area contributed by atoms with Gasteiger partial charge in [0.15, 0.2) is 0 Å². The summed E-state index contributed by atoms with van der Waals surface area (Å²) in [6, 6.07) is 16.1. The van der Waals surface area contributed by atoms with Gasteiger partial charge in [-0.05, 0) is 60.1 Å². The first-order valence-corrected chi connectivity index (χ1v) is 10.0. The van der Waals surface area contributed by atoms with E-state index in [9.17, 15) is 0 Å². The Morgan fingerprint density at radius 3 is 1.29 bits per heavy atom. The first-order valence-electron chi connectivity index (χ1n) is 10.0. The Morgan fingerprint density at radius 2 is 0.964 bits per heavy atom. The van der Waals surface area contributed by atoms with Crippen molar-refractivity contribution in [3.63, 3.8) is 0 Å². The monoisotopic (exact) mass is 386 g/mol. The fourth-order valence-corrected chi connectivity index (χ4v) is 2.94. The predicted octanol–water partition coefficient (Wildman–Crippen LogP) is 5.49. The molecular formula is C24H34O4. The van der Waals surface area contributed by atoms with Crippen LogP contribution in [0.15, 0.2) is 48.5 Å². The normalized spacial score (nSPS) is 13.1. The Labute approximate surface area is 169 Å². The van der Waals surface area contributed by atoms with E-state index >= 15 is 0 Å². The van der Waals surface area contributed by atoms with E-state index in [-0.39, 0.29) is 0 Å². The molecule has 0 fully saturated rings. The average molecular weight is 387 g/mol. The molecule has 0 heterocycles. The molecule has 0 N–H and O–H groups in total. The zero-order valence-corrected chi connectivity index (χ0v) is 17.6. The second-order valence-electron chi connectivity index (χ2n) is 7.51. The summed E-state index contributed by atoms with van der Waals surface area (Å²) in [5, 5.41) is 0. The van der Waals surface area contributed by atoms with Crippen LogP contribution in [0.3, 0.4) is 0 Å². The van der Waals surface area contributed by atoms with E-state index < -0.39 is 0 Å². The van der Waals surface area contributed by atoms with Crippen molar-refractivity contribution in [3.8, 4) is 11.5 Å². The second kappa shape index (κ2) is 12.4. The van der Waals surface area contributed by atoms with Crippen LogP contribution < -0.4 is 9.47 Å². The van der Waals surface area contributed by atoms with E-state index in [1.165, 1.54) is 11.1 Å². The molecule has 2 rings (SSSR count). The molecule has 0 bridgehead atoms. The minimum Gasteiger partial charge on any atom is -0.497 e. The van der Waals surface area contributed by atoms with Gasteiger partial charge in [0.1, 0.15) is 11.5 Å². The lowest BCUT2D eigenvalue weighted by Crippen LogP contribution is -2.11. The molecule has 0 aliphatic heterocycles. The van der Waals surface area contributed by atoms with Gasteiger partial charge in [0, 0.05) is 13.2 Å². The fraction of sp³-hybridized carbons (Fsp3) is 0.500. The maximum atomic E-state index is 5.86. The Balaban J connectivity index is 1.55. The molecule has 0 aromatic heterocycles. The molecule has 0 saturated heterocycles. The van der Waals surface area contributed by atoms with E-state index in [0.717, 1.165) is 37.6 Å². The molecule has 2 aromatic rings. The molecule has 28 heavy (non-hydrogen) atoms. The van der Waals surface area contributed by atoms with Crippen molar-refractivity contribution < 1.29 is 18.9 Å². The van der Waals surface area contributed by atoms with Crippen LogP contribution in [0.4, 0.5) is 0 Å². The van der Waals surface area contributed by atoms with Gasteiger partial charge in [0.05, 0.1) is 27.4 Å². The lowest BCUT2D eigenvalue weighted by atomic mass is 9.99.